The van der Waals surface area contributed by atoms with Gasteiger partial charge in [-0.15, -0.1) is 0 Å². The minimum Gasteiger partial charge on any atom is -0.371 e. The summed E-state index contributed by atoms with van der Waals surface area (Å²) in [6.07, 6.45) is -0.422. The summed E-state index contributed by atoms with van der Waals surface area (Å²) in [6, 6.07) is 3.86. The second-order valence-electron chi connectivity index (χ2n) is 10.1. The Labute approximate surface area is 213 Å². The van der Waals surface area contributed by atoms with E-state index in [-0.39, 0.29) is 39.6 Å². The highest BCUT2D eigenvalue weighted by Gasteiger charge is 2.60. The summed E-state index contributed by atoms with van der Waals surface area (Å²) in [4.78, 5) is 26.8. The highest BCUT2D eigenvalue weighted by molar-refractivity contribution is 6.31. The number of H-pyrrole nitrogens is 1. The largest absolute Gasteiger partial charge is 0.371 e. The van der Waals surface area contributed by atoms with E-state index in [2.05, 4.69) is 26.0 Å². The maximum absolute atomic E-state index is 13.9. The Kier molecular flexibility index (Phi) is 5.31. The molecule has 0 bridgehead atoms. The van der Waals surface area contributed by atoms with E-state index in [0.717, 1.165) is 12.5 Å². The van der Waals surface area contributed by atoms with Crippen molar-refractivity contribution in [1.82, 2.24) is 25.3 Å². The Bertz CT molecular complexity index is 1430. The highest BCUT2D eigenvalue weighted by Crippen LogP contribution is 2.55. The van der Waals surface area contributed by atoms with E-state index in [1.165, 1.54) is 18.3 Å². The van der Waals surface area contributed by atoms with Crippen molar-refractivity contribution in [1.29, 1.82) is 0 Å². The lowest BCUT2D eigenvalue weighted by atomic mass is 9.71. The van der Waals surface area contributed by atoms with Gasteiger partial charge >= 0.3 is 0 Å². The smallest absolute Gasteiger partial charge is 0.272 e. The number of aliphatic hydroxyl groups excluding tert-OH is 1. The minimum atomic E-state index is -2.97. The fourth-order valence-electron chi connectivity index (χ4n) is 5.81. The topological polar surface area (TPSA) is 125 Å². The number of hydrogen-bond acceptors (Lipinski definition) is 6. The molecule has 1 aromatic carbocycles. The molecule has 0 spiro atoms. The average molecular weight is 535 g/mol. The number of aromatic nitrogens is 4. The molecule has 0 saturated heterocycles. The van der Waals surface area contributed by atoms with Crippen molar-refractivity contribution in [2.24, 2.45) is 5.92 Å². The van der Waals surface area contributed by atoms with Gasteiger partial charge in [0.1, 0.15) is 17.2 Å². The van der Waals surface area contributed by atoms with Crippen LogP contribution in [0.15, 0.2) is 24.4 Å². The van der Waals surface area contributed by atoms with Gasteiger partial charge in [-0.05, 0) is 49.4 Å². The molecule has 6 rings (SSSR count). The predicted octanol–water partition coefficient (Wildman–Crippen LogP) is 3.49. The van der Waals surface area contributed by atoms with Crippen LogP contribution in [0, 0.1) is 18.7 Å². The van der Waals surface area contributed by atoms with E-state index in [1.807, 2.05) is 4.57 Å². The first-order valence-electron chi connectivity index (χ1n) is 11.7. The van der Waals surface area contributed by atoms with Crippen molar-refractivity contribution in [3.63, 3.8) is 0 Å². The van der Waals surface area contributed by atoms with Gasteiger partial charge in [0.05, 0.1) is 16.8 Å². The zero-order valence-electron chi connectivity index (χ0n) is 19.5. The number of aliphatic hydroxyl groups is 1. The van der Waals surface area contributed by atoms with Gasteiger partial charge in [0.2, 0.25) is 5.78 Å². The van der Waals surface area contributed by atoms with Crippen LogP contribution < -0.4 is 10.6 Å². The van der Waals surface area contributed by atoms with Gasteiger partial charge in [-0.25, -0.2) is 13.2 Å². The van der Waals surface area contributed by atoms with Crippen molar-refractivity contribution >= 4 is 29.0 Å². The summed E-state index contributed by atoms with van der Waals surface area (Å²) in [7, 11) is 0. The number of carbonyl (C=O) groups is 2. The third-order valence-corrected chi connectivity index (χ3v) is 7.84. The second kappa shape index (κ2) is 8.14. The SMILES string of the molecule is Cc1c(C(=O)C(O)NC2(c3cn[nH]n3)CC(F)(F)C2)c2n(c1C(=O)Nc1ccc(F)c(Cl)c1)[C@@H]1C[C@@H]1C2. The molecule has 37 heavy (non-hydrogen) atoms. The van der Waals surface area contributed by atoms with Crippen LogP contribution in [-0.4, -0.2) is 48.9 Å². The van der Waals surface area contributed by atoms with Gasteiger partial charge in [0.25, 0.3) is 11.8 Å². The summed E-state index contributed by atoms with van der Waals surface area (Å²) in [5.41, 5.74) is 0.475. The quantitative estimate of drug-likeness (QED) is 0.272. The number of aromatic amines is 1. The molecular weight excluding hydrogens is 513 g/mol. The lowest BCUT2D eigenvalue weighted by molar-refractivity contribution is -0.148. The number of anilines is 1. The standard InChI is InChI=1S/C24H22ClF3N6O3/c1-10-18(20(35)22(37)31-23(8-24(27,28)9-23)17-7-29-33-32-17)16-5-11-4-15(11)34(16)19(10)21(36)30-12-2-3-14(26)13(25)6-12/h2-3,6-7,11,15,22,31,37H,4-5,8-9H2,1H3,(H,30,36)(H,29,32,33)/t11-,15-,22?/m1/s1. The van der Waals surface area contributed by atoms with Crippen LogP contribution in [0.5, 0.6) is 0 Å². The number of fused-ring (bicyclic) bond motifs is 3. The number of halogens is 4. The number of alkyl halides is 2. The van der Waals surface area contributed by atoms with E-state index < -0.39 is 48.0 Å². The number of rotatable bonds is 7. The summed E-state index contributed by atoms with van der Waals surface area (Å²) in [5.74, 6) is -4.54. The first kappa shape index (κ1) is 24.1. The second-order valence-corrected chi connectivity index (χ2v) is 10.5. The number of ketones is 1. The molecular formula is C24H22ClF3N6O3. The maximum atomic E-state index is 13.9. The van der Waals surface area contributed by atoms with Crippen LogP contribution in [0.4, 0.5) is 18.9 Å². The van der Waals surface area contributed by atoms with Crippen LogP contribution in [0.1, 0.15) is 63.1 Å². The summed E-state index contributed by atoms with van der Waals surface area (Å²) < 4.78 is 43.1. The molecule has 2 fully saturated rings. The predicted molar refractivity (Wildman–Crippen MR) is 125 cm³/mol. The molecule has 2 aromatic heterocycles. The highest BCUT2D eigenvalue weighted by atomic mass is 35.5. The molecule has 1 unspecified atom stereocenters. The van der Waals surface area contributed by atoms with Gasteiger partial charge in [-0.3, -0.25) is 14.9 Å². The van der Waals surface area contributed by atoms with Crippen LogP contribution in [0.3, 0.4) is 0 Å². The molecule has 2 aliphatic carbocycles. The number of carbonyl (C=O) groups excluding carboxylic acids is 2. The Morgan fingerprint density at radius 1 is 1.32 bits per heavy atom. The summed E-state index contributed by atoms with van der Waals surface area (Å²) >= 11 is 5.83. The van der Waals surface area contributed by atoms with Crippen LogP contribution in [0.25, 0.3) is 0 Å². The number of hydrogen-bond donors (Lipinski definition) is 4. The van der Waals surface area contributed by atoms with Gasteiger partial charge in [0.15, 0.2) is 6.23 Å². The third kappa shape index (κ3) is 3.85. The molecule has 9 nitrogen and oxygen atoms in total. The Balaban J connectivity index is 1.31. The number of amides is 1. The molecule has 4 N–H and O–H groups in total. The molecule has 3 heterocycles. The molecule has 1 aliphatic heterocycles. The summed E-state index contributed by atoms with van der Waals surface area (Å²) in [5, 5.41) is 26.0. The van der Waals surface area contributed by atoms with E-state index in [4.69, 9.17) is 11.6 Å². The number of benzene rings is 1. The molecule has 0 radical (unpaired) electrons. The molecule has 3 aliphatic rings. The zero-order valence-corrected chi connectivity index (χ0v) is 20.2. The van der Waals surface area contributed by atoms with E-state index in [1.54, 1.807) is 6.92 Å². The Hall–Kier alpha value is -3.22. The van der Waals surface area contributed by atoms with Gasteiger partial charge in [-0.1, -0.05) is 11.6 Å². The normalized spacial score (nSPS) is 23.1. The van der Waals surface area contributed by atoms with E-state index >= 15 is 0 Å². The number of nitrogens with zero attached hydrogens (tertiary/aromatic N) is 3. The minimum absolute atomic E-state index is 0.0599. The van der Waals surface area contributed by atoms with Crippen molar-refractivity contribution in [3.8, 4) is 0 Å². The van der Waals surface area contributed by atoms with Crippen LogP contribution >= 0.6 is 11.6 Å². The fourth-order valence-corrected chi connectivity index (χ4v) is 5.99. The van der Waals surface area contributed by atoms with Crippen LogP contribution in [-0.2, 0) is 12.0 Å². The molecule has 2 saturated carbocycles. The van der Waals surface area contributed by atoms with Gasteiger partial charge < -0.3 is 15.0 Å². The van der Waals surface area contributed by atoms with E-state index in [0.29, 0.717) is 17.7 Å². The van der Waals surface area contributed by atoms with Crippen molar-refractivity contribution < 1.29 is 27.9 Å². The van der Waals surface area contributed by atoms with Crippen molar-refractivity contribution in [3.05, 3.63) is 63.4 Å². The fraction of sp³-hybridized carbons (Fsp3) is 0.417. The molecule has 13 heteroatoms. The monoisotopic (exact) mass is 534 g/mol. The maximum Gasteiger partial charge on any atom is 0.272 e. The van der Waals surface area contributed by atoms with Crippen molar-refractivity contribution in [2.75, 3.05) is 5.32 Å². The third-order valence-electron chi connectivity index (χ3n) is 7.55. The Morgan fingerprint density at radius 3 is 2.73 bits per heavy atom. The zero-order chi connectivity index (χ0) is 26.3. The van der Waals surface area contributed by atoms with Gasteiger partial charge in [0, 0.05) is 35.8 Å². The summed E-state index contributed by atoms with van der Waals surface area (Å²) in [6.45, 7) is 1.61. The van der Waals surface area contributed by atoms with Gasteiger partial charge in [-0.2, -0.15) is 15.4 Å². The lowest BCUT2D eigenvalue weighted by Crippen LogP contribution is -2.62. The number of nitrogens with one attached hydrogen (secondary N) is 3. The van der Waals surface area contributed by atoms with Crippen molar-refractivity contribution in [2.45, 2.75) is 56.3 Å². The Morgan fingerprint density at radius 2 is 2.08 bits per heavy atom. The molecule has 1 amide bonds. The lowest BCUT2D eigenvalue weighted by Gasteiger charge is -2.47. The first-order chi connectivity index (χ1) is 17.5. The number of Topliss-reactive ketones (excluding diaryl/α,β-unsaturated/α-hetero) is 1. The first-order valence-corrected chi connectivity index (χ1v) is 12.1. The van der Waals surface area contributed by atoms with Crippen LogP contribution in [0.2, 0.25) is 5.02 Å². The molecule has 3 aromatic rings. The molecule has 194 valence electrons. The molecule has 3 atom stereocenters. The van der Waals surface area contributed by atoms with E-state index in [9.17, 15) is 27.9 Å². The average Bonchev–Trinajstić information content (AvgIpc) is 3.13.